The number of hydrogen-bond donors (Lipinski definition) is 1. The Morgan fingerprint density at radius 2 is 1.83 bits per heavy atom. The molecule has 0 spiro atoms. The molecule has 2 heterocycles. The van der Waals surface area contributed by atoms with E-state index in [1.165, 1.54) is 0 Å². The molecule has 0 aliphatic heterocycles. The van der Waals surface area contributed by atoms with Crippen molar-refractivity contribution < 1.29 is 9.32 Å². The maximum atomic E-state index is 12.3. The zero-order valence-electron chi connectivity index (χ0n) is 16.2. The highest BCUT2D eigenvalue weighted by Crippen LogP contribution is 2.14. The SMILES string of the molecule is O=C(NCCc1nc(-c2ccccc2)no1)c1cn(C/C=C/c2ccccc2)nn1. The van der Waals surface area contributed by atoms with E-state index in [1.807, 2.05) is 72.8 Å². The Kier molecular flexibility index (Phi) is 6.05. The fourth-order valence-corrected chi connectivity index (χ4v) is 2.79. The molecular formula is C22H20N6O2. The predicted octanol–water partition coefficient (Wildman–Crippen LogP) is 3.01. The number of carbonyl (C=O) groups excluding carboxylic acids is 1. The summed E-state index contributed by atoms with van der Waals surface area (Å²) in [5.41, 5.74) is 2.25. The number of aromatic nitrogens is 5. The second kappa shape index (κ2) is 9.42. The van der Waals surface area contributed by atoms with E-state index in [-0.39, 0.29) is 11.6 Å². The third kappa shape index (κ3) is 5.05. The number of carbonyl (C=O) groups is 1. The van der Waals surface area contributed by atoms with Gasteiger partial charge in [-0.2, -0.15) is 4.98 Å². The molecule has 0 bridgehead atoms. The number of benzene rings is 2. The lowest BCUT2D eigenvalue weighted by molar-refractivity contribution is 0.0948. The van der Waals surface area contributed by atoms with E-state index in [9.17, 15) is 4.79 Å². The first-order valence-electron chi connectivity index (χ1n) is 9.56. The minimum Gasteiger partial charge on any atom is -0.350 e. The van der Waals surface area contributed by atoms with Crippen LogP contribution in [0.25, 0.3) is 17.5 Å². The molecule has 2 aromatic carbocycles. The molecule has 150 valence electrons. The summed E-state index contributed by atoms with van der Waals surface area (Å²) in [5, 5.41) is 14.7. The van der Waals surface area contributed by atoms with Gasteiger partial charge in [0.15, 0.2) is 5.69 Å². The number of allylic oxidation sites excluding steroid dienone is 1. The Balaban J connectivity index is 1.25. The van der Waals surface area contributed by atoms with E-state index in [0.29, 0.717) is 31.2 Å². The fraction of sp³-hybridized carbons (Fsp3) is 0.136. The standard InChI is InChI=1S/C22H20N6O2/c29-22(19-16-28(27-25-19)15-7-10-17-8-3-1-4-9-17)23-14-13-20-24-21(26-30-20)18-11-5-2-6-12-18/h1-12,16H,13-15H2,(H,23,29)/b10-7+. The molecule has 4 aromatic rings. The monoisotopic (exact) mass is 400 g/mol. The zero-order valence-corrected chi connectivity index (χ0v) is 16.2. The Bertz CT molecular complexity index is 1120. The van der Waals surface area contributed by atoms with Gasteiger partial charge >= 0.3 is 0 Å². The third-order valence-corrected chi connectivity index (χ3v) is 4.30. The van der Waals surface area contributed by atoms with Gasteiger partial charge in [0.1, 0.15) is 0 Å². The molecule has 0 saturated heterocycles. The van der Waals surface area contributed by atoms with Crippen LogP contribution < -0.4 is 5.32 Å². The Morgan fingerprint density at radius 1 is 1.07 bits per heavy atom. The first-order valence-corrected chi connectivity index (χ1v) is 9.56. The van der Waals surface area contributed by atoms with E-state index >= 15 is 0 Å². The van der Waals surface area contributed by atoms with Gasteiger partial charge in [-0.05, 0) is 5.56 Å². The minimum atomic E-state index is -0.295. The summed E-state index contributed by atoms with van der Waals surface area (Å²) in [4.78, 5) is 16.6. The molecule has 0 saturated carbocycles. The van der Waals surface area contributed by atoms with Crippen molar-refractivity contribution in [1.82, 2.24) is 30.5 Å². The van der Waals surface area contributed by atoms with Gasteiger partial charge in [-0.1, -0.05) is 83.2 Å². The van der Waals surface area contributed by atoms with Crippen LogP contribution in [0.4, 0.5) is 0 Å². The van der Waals surface area contributed by atoms with Crippen molar-refractivity contribution in [1.29, 1.82) is 0 Å². The van der Waals surface area contributed by atoms with Gasteiger partial charge in [0, 0.05) is 18.5 Å². The molecule has 0 aliphatic carbocycles. The molecule has 1 amide bonds. The number of nitrogens with one attached hydrogen (secondary N) is 1. The zero-order chi connectivity index (χ0) is 20.6. The Labute approximate surface area is 173 Å². The average molecular weight is 400 g/mol. The summed E-state index contributed by atoms with van der Waals surface area (Å²) in [5.74, 6) is 0.698. The van der Waals surface area contributed by atoms with Crippen molar-refractivity contribution in [2.24, 2.45) is 0 Å². The maximum absolute atomic E-state index is 12.3. The topological polar surface area (TPSA) is 98.7 Å². The van der Waals surface area contributed by atoms with Crippen molar-refractivity contribution in [2.75, 3.05) is 6.54 Å². The lowest BCUT2D eigenvalue weighted by Crippen LogP contribution is -2.26. The lowest BCUT2D eigenvalue weighted by Gasteiger charge is -1.99. The van der Waals surface area contributed by atoms with E-state index in [2.05, 4.69) is 25.8 Å². The number of rotatable bonds is 8. The molecule has 30 heavy (non-hydrogen) atoms. The normalized spacial score (nSPS) is 11.1. The molecule has 4 rings (SSSR count). The van der Waals surface area contributed by atoms with Gasteiger partial charge < -0.3 is 9.84 Å². The number of amides is 1. The Morgan fingerprint density at radius 3 is 2.63 bits per heavy atom. The van der Waals surface area contributed by atoms with E-state index in [1.54, 1.807) is 10.9 Å². The third-order valence-electron chi connectivity index (χ3n) is 4.30. The van der Waals surface area contributed by atoms with Crippen molar-refractivity contribution in [3.8, 4) is 11.4 Å². The summed E-state index contributed by atoms with van der Waals surface area (Å²) in [6, 6.07) is 19.5. The van der Waals surface area contributed by atoms with Crippen molar-refractivity contribution in [2.45, 2.75) is 13.0 Å². The van der Waals surface area contributed by atoms with Crippen LogP contribution in [0.2, 0.25) is 0 Å². The highest BCUT2D eigenvalue weighted by atomic mass is 16.5. The van der Waals surface area contributed by atoms with E-state index in [4.69, 9.17) is 4.52 Å². The maximum Gasteiger partial charge on any atom is 0.273 e. The van der Waals surface area contributed by atoms with Crippen molar-refractivity contribution >= 4 is 12.0 Å². The summed E-state index contributed by atoms with van der Waals surface area (Å²) in [6.45, 7) is 0.884. The average Bonchev–Trinajstić information content (AvgIpc) is 3.45. The van der Waals surface area contributed by atoms with Gasteiger partial charge in [-0.15, -0.1) is 5.10 Å². The van der Waals surface area contributed by atoms with Gasteiger partial charge in [0.2, 0.25) is 11.7 Å². The van der Waals surface area contributed by atoms with E-state index < -0.39 is 0 Å². The molecule has 8 nitrogen and oxygen atoms in total. The quantitative estimate of drug-likeness (QED) is 0.488. The number of hydrogen-bond acceptors (Lipinski definition) is 6. The Hall–Kier alpha value is -4.07. The second-order valence-corrected chi connectivity index (χ2v) is 6.52. The summed E-state index contributed by atoms with van der Waals surface area (Å²) in [6.07, 6.45) is 6.01. The van der Waals surface area contributed by atoms with Crippen LogP contribution in [-0.2, 0) is 13.0 Å². The van der Waals surface area contributed by atoms with Crippen LogP contribution in [0.1, 0.15) is 21.9 Å². The van der Waals surface area contributed by atoms with Crippen molar-refractivity contribution in [3.63, 3.8) is 0 Å². The van der Waals surface area contributed by atoms with Crippen LogP contribution in [-0.4, -0.2) is 37.6 Å². The van der Waals surface area contributed by atoms with Crippen LogP contribution >= 0.6 is 0 Å². The van der Waals surface area contributed by atoms with Gasteiger partial charge in [0.05, 0.1) is 12.7 Å². The van der Waals surface area contributed by atoms with Gasteiger partial charge in [-0.25, -0.2) is 4.68 Å². The highest BCUT2D eigenvalue weighted by molar-refractivity contribution is 5.91. The van der Waals surface area contributed by atoms with Crippen molar-refractivity contribution in [3.05, 3.63) is 90.1 Å². The largest absolute Gasteiger partial charge is 0.350 e. The molecule has 0 fully saturated rings. The summed E-state index contributed by atoms with van der Waals surface area (Å²) >= 11 is 0. The van der Waals surface area contributed by atoms with Crippen LogP contribution in [0, 0.1) is 0 Å². The van der Waals surface area contributed by atoms with Gasteiger partial charge in [-0.3, -0.25) is 4.79 Å². The van der Waals surface area contributed by atoms with Crippen LogP contribution in [0.3, 0.4) is 0 Å². The molecule has 0 radical (unpaired) electrons. The predicted molar refractivity (Wildman–Crippen MR) is 111 cm³/mol. The lowest BCUT2D eigenvalue weighted by atomic mass is 10.2. The molecule has 8 heteroatoms. The number of nitrogens with zero attached hydrogens (tertiary/aromatic N) is 5. The smallest absolute Gasteiger partial charge is 0.273 e. The first kappa shape index (κ1) is 19.3. The molecular weight excluding hydrogens is 380 g/mol. The minimum absolute atomic E-state index is 0.263. The van der Waals surface area contributed by atoms with Crippen LogP contribution in [0.15, 0.2) is 77.5 Å². The molecule has 2 aromatic heterocycles. The first-order chi connectivity index (χ1) is 14.8. The molecule has 1 N–H and O–H groups in total. The summed E-state index contributed by atoms with van der Waals surface area (Å²) in [7, 11) is 0. The second-order valence-electron chi connectivity index (χ2n) is 6.52. The van der Waals surface area contributed by atoms with E-state index in [0.717, 1.165) is 11.1 Å². The highest BCUT2D eigenvalue weighted by Gasteiger charge is 2.12. The molecule has 0 aliphatic rings. The molecule has 0 atom stereocenters. The van der Waals surface area contributed by atoms with Crippen LogP contribution in [0.5, 0.6) is 0 Å². The van der Waals surface area contributed by atoms with Gasteiger partial charge in [0.25, 0.3) is 5.91 Å². The fourth-order valence-electron chi connectivity index (χ4n) is 2.79. The summed E-state index contributed by atoms with van der Waals surface area (Å²) < 4.78 is 6.85. The molecule has 0 unspecified atom stereocenters.